The molecule has 0 saturated carbocycles. The second-order valence-corrected chi connectivity index (χ2v) is 4.67. The van der Waals surface area contributed by atoms with Gasteiger partial charge in [0.1, 0.15) is 0 Å². The van der Waals surface area contributed by atoms with Crippen molar-refractivity contribution in [2.45, 2.75) is 39.2 Å². The van der Waals surface area contributed by atoms with E-state index in [1.165, 1.54) is 30.2 Å². The van der Waals surface area contributed by atoms with E-state index in [1.807, 2.05) is 12.3 Å². The molecular weight excluding hydrogens is 220 g/mol. The molecule has 1 heterocycles. The van der Waals surface area contributed by atoms with Gasteiger partial charge in [-0.05, 0) is 24.6 Å². The molecule has 1 atom stereocenters. The molecule has 0 saturated heterocycles. The van der Waals surface area contributed by atoms with Gasteiger partial charge in [0.05, 0.1) is 5.52 Å². The molecule has 0 spiro atoms. The predicted octanol–water partition coefficient (Wildman–Crippen LogP) is 4.08. The van der Waals surface area contributed by atoms with Crippen LogP contribution in [-0.4, -0.2) is 11.5 Å². The van der Waals surface area contributed by atoms with Crippen LogP contribution in [0.4, 0.5) is 0 Å². The molecule has 0 aliphatic heterocycles. The van der Waals surface area contributed by atoms with Crippen molar-refractivity contribution in [2.24, 2.45) is 0 Å². The van der Waals surface area contributed by atoms with Crippen molar-refractivity contribution in [1.29, 1.82) is 0 Å². The fraction of sp³-hybridized carbons (Fsp3) is 0.438. The van der Waals surface area contributed by atoms with Crippen LogP contribution in [0.1, 0.15) is 44.7 Å². The lowest BCUT2D eigenvalue weighted by Crippen LogP contribution is -2.21. The number of benzene rings is 1. The molecule has 0 radical (unpaired) electrons. The number of hydrogen-bond acceptors (Lipinski definition) is 2. The Morgan fingerprint density at radius 2 is 2.00 bits per heavy atom. The van der Waals surface area contributed by atoms with E-state index in [0.717, 1.165) is 12.1 Å². The molecule has 0 aliphatic rings. The summed E-state index contributed by atoms with van der Waals surface area (Å²) in [6.07, 6.45) is 5.55. The highest BCUT2D eigenvalue weighted by molar-refractivity contribution is 5.81. The van der Waals surface area contributed by atoms with Crippen LogP contribution in [0.25, 0.3) is 10.9 Å². The quantitative estimate of drug-likeness (QED) is 0.825. The van der Waals surface area contributed by atoms with Crippen molar-refractivity contribution in [3.8, 4) is 0 Å². The maximum absolute atomic E-state index is 4.55. The first-order valence-corrected chi connectivity index (χ1v) is 6.93. The lowest BCUT2D eigenvalue weighted by Gasteiger charge is -2.19. The Morgan fingerprint density at radius 1 is 1.17 bits per heavy atom. The van der Waals surface area contributed by atoms with E-state index in [-0.39, 0.29) is 0 Å². The van der Waals surface area contributed by atoms with Gasteiger partial charge < -0.3 is 5.32 Å². The topological polar surface area (TPSA) is 24.9 Å². The predicted molar refractivity (Wildman–Crippen MR) is 77.7 cm³/mol. The number of nitrogens with zero attached hydrogens (tertiary/aromatic N) is 1. The SMILES string of the molecule is CCCCC(NCC)c1cccc2cccnc12. The third kappa shape index (κ3) is 2.88. The van der Waals surface area contributed by atoms with E-state index in [4.69, 9.17) is 0 Å². The number of rotatable bonds is 6. The molecule has 0 aliphatic carbocycles. The molecule has 1 unspecified atom stereocenters. The summed E-state index contributed by atoms with van der Waals surface area (Å²) in [6, 6.07) is 11.0. The Bertz CT molecular complexity index is 488. The summed E-state index contributed by atoms with van der Waals surface area (Å²) in [5.74, 6) is 0. The van der Waals surface area contributed by atoms with Crippen LogP contribution in [0.3, 0.4) is 0 Å². The monoisotopic (exact) mass is 242 g/mol. The number of aromatic nitrogens is 1. The number of hydrogen-bond donors (Lipinski definition) is 1. The molecule has 96 valence electrons. The van der Waals surface area contributed by atoms with E-state index in [2.05, 4.69) is 48.4 Å². The van der Waals surface area contributed by atoms with Crippen molar-refractivity contribution in [1.82, 2.24) is 10.3 Å². The zero-order valence-corrected chi connectivity index (χ0v) is 11.3. The van der Waals surface area contributed by atoms with E-state index in [1.54, 1.807) is 0 Å². The maximum Gasteiger partial charge on any atom is 0.0749 e. The summed E-state index contributed by atoms with van der Waals surface area (Å²) >= 11 is 0. The minimum absolute atomic E-state index is 0.425. The Morgan fingerprint density at radius 3 is 2.78 bits per heavy atom. The zero-order valence-electron chi connectivity index (χ0n) is 11.3. The van der Waals surface area contributed by atoms with Gasteiger partial charge in [-0.15, -0.1) is 0 Å². The first-order chi connectivity index (χ1) is 8.86. The van der Waals surface area contributed by atoms with Gasteiger partial charge in [-0.1, -0.05) is 51.0 Å². The van der Waals surface area contributed by atoms with Gasteiger partial charge in [0, 0.05) is 17.6 Å². The highest BCUT2D eigenvalue weighted by Gasteiger charge is 2.13. The molecule has 2 nitrogen and oxygen atoms in total. The van der Waals surface area contributed by atoms with E-state index >= 15 is 0 Å². The van der Waals surface area contributed by atoms with E-state index < -0.39 is 0 Å². The summed E-state index contributed by atoms with van der Waals surface area (Å²) in [4.78, 5) is 4.55. The average molecular weight is 242 g/mol. The summed E-state index contributed by atoms with van der Waals surface area (Å²) in [5.41, 5.74) is 2.48. The van der Waals surface area contributed by atoms with Crippen molar-refractivity contribution in [3.63, 3.8) is 0 Å². The number of fused-ring (bicyclic) bond motifs is 1. The molecule has 1 aromatic carbocycles. The summed E-state index contributed by atoms with van der Waals surface area (Å²) in [5, 5.41) is 4.82. The first-order valence-electron chi connectivity index (χ1n) is 6.93. The van der Waals surface area contributed by atoms with Crippen molar-refractivity contribution in [2.75, 3.05) is 6.54 Å². The zero-order chi connectivity index (χ0) is 12.8. The molecule has 2 heteroatoms. The van der Waals surface area contributed by atoms with Gasteiger partial charge >= 0.3 is 0 Å². The normalized spacial score (nSPS) is 12.8. The van der Waals surface area contributed by atoms with Crippen LogP contribution < -0.4 is 5.32 Å². The van der Waals surface area contributed by atoms with Crippen molar-refractivity contribution < 1.29 is 0 Å². The molecule has 0 bridgehead atoms. The lowest BCUT2D eigenvalue weighted by molar-refractivity contribution is 0.497. The molecule has 0 fully saturated rings. The van der Waals surface area contributed by atoms with Crippen LogP contribution in [0.15, 0.2) is 36.5 Å². The highest BCUT2D eigenvalue weighted by atomic mass is 14.9. The Kier molecular flexibility index (Phi) is 4.71. The summed E-state index contributed by atoms with van der Waals surface area (Å²) < 4.78 is 0. The number of pyridine rings is 1. The average Bonchev–Trinajstić information content (AvgIpc) is 2.43. The van der Waals surface area contributed by atoms with Crippen molar-refractivity contribution in [3.05, 3.63) is 42.1 Å². The van der Waals surface area contributed by atoms with Crippen LogP contribution in [0.2, 0.25) is 0 Å². The number of para-hydroxylation sites is 1. The Labute approximate surface area is 109 Å². The highest BCUT2D eigenvalue weighted by Crippen LogP contribution is 2.25. The van der Waals surface area contributed by atoms with Crippen LogP contribution >= 0.6 is 0 Å². The minimum atomic E-state index is 0.425. The smallest absolute Gasteiger partial charge is 0.0749 e. The van der Waals surface area contributed by atoms with E-state index in [0.29, 0.717) is 6.04 Å². The maximum atomic E-state index is 4.55. The summed E-state index contributed by atoms with van der Waals surface area (Å²) in [6.45, 7) is 5.40. The van der Waals surface area contributed by atoms with Crippen LogP contribution in [0.5, 0.6) is 0 Å². The fourth-order valence-corrected chi connectivity index (χ4v) is 2.43. The van der Waals surface area contributed by atoms with Gasteiger partial charge in [-0.3, -0.25) is 4.98 Å². The largest absolute Gasteiger partial charge is 0.310 e. The van der Waals surface area contributed by atoms with Gasteiger partial charge in [0.25, 0.3) is 0 Å². The third-order valence-electron chi connectivity index (χ3n) is 3.34. The van der Waals surface area contributed by atoms with Gasteiger partial charge in [0.15, 0.2) is 0 Å². The lowest BCUT2D eigenvalue weighted by atomic mass is 9.98. The standard InChI is InChI=1S/C16H22N2/c1-3-5-11-15(17-4-2)14-10-6-8-13-9-7-12-18-16(13)14/h6-10,12,15,17H,3-5,11H2,1-2H3. The van der Waals surface area contributed by atoms with Gasteiger partial charge in [-0.2, -0.15) is 0 Å². The van der Waals surface area contributed by atoms with Gasteiger partial charge in [-0.25, -0.2) is 0 Å². The summed E-state index contributed by atoms with van der Waals surface area (Å²) in [7, 11) is 0. The number of nitrogens with one attached hydrogen (secondary N) is 1. The van der Waals surface area contributed by atoms with Crippen LogP contribution in [-0.2, 0) is 0 Å². The molecule has 1 aromatic heterocycles. The molecule has 2 rings (SSSR count). The van der Waals surface area contributed by atoms with Crippen molar-refractivity contribution >= 4 is 10.9 Å². The molecule has 18 heavy (non-hydrogen) atoms. The second kappa shape index (κ2) is 6.50. The minimum Gasteiger partial charge on any atom is -0.310 e. The van der Waals surface area contributed by atoms with E-state index in [9.17, 15) is 0 Å². The molecule has 2 aromatic rings. The number of unbranched alkanes of at least 4 members (excludes halogenated alkanes) is 1. The van der Waals surface area contributed by atoms with Crippen LogP contribution in [0, 0.1) is 0 Å². The third-order valence-corrected chi connectivity index (χ3v) is 3.34. The first kappa shape index (κ1) is 13.0. The Hall–Kier alpha value is -1.41. The van der Waals surface area contributed by atoms with Gasteiger partial charge in [0.2, 0.25) is 0 Å². The second-order valence-electron chi connectivity index (χ2n) is 4.67. The molecule has 1 N–H and O–H groups in total. The fourth-order valence-electron chi connectivity index (χ4n) is 2.43. The Balaban J connectivity index is 2.36. The molecule has 0 amide bonds. The molecular formula is C16H22N2.